The Bertz CT molecular complexity index is 413. The van der Waals surface area contributed by atoms with E-state index in [1.165, 1.54) is 0 Å². The van der Waals surface area contributed by atoms with Gasteiger partial charge in [-0.2, -0.15) is 4.98 Å². The maximum Gasteiger partial charge on any atom is 0.295 e. The first-order chi connectivity index (χ1) is 9.20. The Morgan fingerprint density at radius 1 is 1.53 bits per heavy atom. The topological polar surface area (TPSA) is 94.5 Å². The zero-order valence-electron chi connectivity index (χ0n) is 11.2. The van der Waals surface area contributed by atoms with Gasteiger partial charge < -0.3 is 19.9 Å². The highest BCUT2D eigenvalue weighted by atomic mass is 16.5. The van der Waals surface area contributed by atoms with Gasteiger partial charge in [0, 0.05) is 26.6 Å². The summed E-state index contributed by atoms with van der Waals surface area (Å²) in [6.45, 7) is 4.34. The largest absolute Gasteiger partial charge is 0.378 e. The predicted octanol–water partition coefficient (Wildman–Crippen LogP) is 0.348. The van der Waals surface area contributed by atoms with Crippen molar-refractivity contribution in [3.8, 4) is 0 Å². The SMILES string of the molecule is Cc1nc(C(=O)N2CCC(OCCCN)CC2)no1. The molecule has 2 rings (SSSR count). The number of amides is 1. The minimum Gasteiger partial charge on any atom is -0.378 e. The van der Waals surface area contributed by atoms with Crippen molar-refractivity contribution >= 4 is 5.91 Å². The number of piperidine rings is 1. The van der Waals surface area contributed by atoms with Crippen molar-refractivity contribution in [2.45, 2.75) is 32.3 Å². The lowest BCUT2D eigenvalue weighted by molar-refractivity contribution is 0.00805. The number of nitrogens with zero attached hydrogens (tertiary/aromatic N) is 3. The molecule has 1 saturated heterocycles. The first kappa shape index (κ1) is 14.0. The predicted molar refractivity (Wildman–Crippen MR) is 67.6 cm³/mol. The third kappa shape index (κ3) is 3.74. The molecule has 0 unspecified atom stereocenters. The van der Waals surface area contributed by atoms with Crippen LogP contribution in [0.15, 0.2) is 4.52 Å². The summed E-state index contributed by atoms with van der Waals surface area (Å²) >= 11 is 0. The molecule has 2 heterocycles. The van der Waals surface area contributed by atoms with Crippen LogP contribution >= 0.6 is 0 Å². The maximum absolute atomic E-state index is 12.1. The summed E-state index contributed by atoms with van der Waals surface area (Å²) in [5, 5.41) is 3.65. The van der Waals surface area contributed by atoms with Gasteiger partial charge in [0.25, 0.3) is 11.7 Å². The number of carbonyl (C=O) groups is 1. The molecule has 1 aliphatic rings. The highest BCUT2D eigenvalue weighted by Gasteiger charge is 2.26. The molecule has 2 N–H and O–H groups in total. The van der Waals surface area contributed by atoms with E-state index in [2.05, 4.69) is 10.1 Å². The molecule has 1 amide bonds. The minimum atomic E-state index is -0.169. The number of aromatic nitrogens is 2. The monoisotopic (exact) mass is 268 g/mol. The van der Waals surface area contributed by atoms with Gasteiger partial charge in [-0.15, -0.1) is 0 Å². The third-order valence-corrected chi connectivity index (χ3v) is 3.15. The molecular weight excluding hydrogens is 248 g/mol. The van der Waals surface area contributed by atoms with Crippen molar-refractivity contribution in [1.82, 2.24) is 15.0 Å². The molecule has 0 aliphatic carbocycles. The van der Waals surface area contributed by atoms with Gasteiger partial charge in [0.1, 0.15) is 0 Å². The summed E-state index contributed by atoms with van der Waals surface area (Å²) in [7, 11) is 0. The van der Waals surface area contributed by atoms with Crippen LogP contribution in [0.25, 0.3) is 0 Å². The van der Waals surface area contributed by atoms with Gasteiger partial charge in [-0.05, 0) is 25.8 Å². The van der Waals surface area contributed by atoms with Crippen LogP contribution in [-0.4, -0.2) is 53.3 Å². The van der Waals surface area contributed by atoms with E-state index < -0.39 is 0 Å². The number of ether oxygens (including phenoxy) is 1. The summed E-state index contributed by atoms with van der Waals surface area (Å²) in [6, 6.07) is 0. The summed E-state index contributed by atoms with van der Waals surface area (Å²) in [6.07, 6.45) is 2.78. The molecule has 1 aliphatic heterocycles. The van der Waals surface area contributed by atoms with E-state index in [1.54, 1.807) is 11.8 Å². The normalized spacial score (nSPS) is 16.8. The fourth-order valence-electron chi connectivity index (χ4n) is 2.09. The first-order valence-electron chi connectivity index (χ1n) is 6.62. The lowest BCUT2D eigenvalue weighted by Gasteiger charge is -2.31. The van der Waals surface area contributed by atoms with E-state index in [0.717, 1.165) is 19.3 Å². The van der Waals surface area contributed by atoms with Crippen molar-refractivity contribution in [1.29, 1.82) is 0 Å². The Hall–Kier alpha value is -1.47. The zero-order chi connectivity index (χ0) is 13.7. The number of nitrogens with two attached hydrogens (primary N) is 1. The van der Waals surface area contributed by atoms with E-state index >= 15 is 0 Å². The van der Waals surface area contributed by atoms with Crippen molar-refractivity contribution in [3.63, 3.8) is 0 Å². The Kier molecular flexibility index (Phi) is 4.86. The van der Waals surface area contributed by atoms with Gasteiger partial charge in [0.2, 0.25) is 5.89 Å². The van der Waals surface area contributed by atoms with Crippen LogP contribution < -0.4 is 5.73 Å². The summed E-state index contributed by atoms with van der Waals surface area (Å²) in [5.41, 5.74) is 5.42. The standard InChI is InChI=1S/C12H20N4O3/c1-9-14-11(15-19-9)12(17)16-6-3-10(4-7-16)18-8-2-5-13/h10H,2-8,13H2,1H3. The molecule has 0 atom stereocenters. The third-order valence-electron chi connectivity index (χ3n) is 3.15. The Balaban J connectivity index is 1.78. The molecule has 0 radical (unpaired) electrons. The van der Waals surface area contributed by atoms with Gasteiger partial charge in [-0.3, -0.25) is 4.79 Å². The van der Waals surface area contributed by atoms with Crippen molar-refractivity contribution < 1.29 is 14.1 Å². The van der Waals surface area contributed by atoms with Crippen LogP contribution in [0, 0.1) is 6.92 Å². The van der Waals surface area contributed by atoms with Crippen LogP contribution in [0.2, 0.25) is 0 Å². The number of hydrogen-bond acceptors (Lipinski definition) is 6. The summed E-state index contributed by atoms with van der Waals surface area (Å²) in [5.74, 6) is 0.376. The van der Waals surface area contributed by atoms with Crippen LogP contribution in [0.4, 0.5) is 0 Å². The van der Waals surface area contributed by atoms with Gasteiger partial charge >= 0.3 is 0 Å². The number of hydrogen-bond donors (Lipinski definition) is 1. The average molecular weight is 268 g/mol. The first-order valence-corrected chi connectivity index (χ1v) is 6.62. The number of carbonyl (C=O) groups excluding carboxylic acids is 1. The lowest BCUT2D eigenvalue weighted by Crippen LogP contribution is -2.41. The molecule has 106 valence electrons. The van der Waals surface area contributed by atoms with Crippen LogP contribution in [0.3, 0.4) is 0 Å². The van der Waals surface area contributed by atoms with Crippen molar-refractivity contribution in [2.75, 3.05) is 26.2 Å². The van der Waals surface area contributed by atoms with Crippen LogP contribution in [0.1, 0.15) is 35.8 Å². The Labute approximate surface area is 112 Å². The average Bonchev–Trinajstić information content (AvgIpc) is 2.86. The number of likely N-dealkylation sites (tertiary alicyclic amines) is 1. The van der Waals surface area contributed by atoms with E-state index in [1.807, 2.05) is 0 Å². The number of aryl methyl sites for hydroxylation is 1. The molecule has 1 aromatic heterocycles. The second kappa shape index (κ2) is 6.63. The fourth-order valence-corrected chi connectivity index (χ4v) is 2.09. The van der Waals surface area contributed by atoms with Gasteiger partial charge in [-0.1, -0.05) is 5.16 Å². The summed E-state index contributed by atoms with van der Waals surface area (Å²) < 4.78 is 10.5. The highest BCUT2D eigenvalue weighted by Crippen LogP contribution is 2.15. The Morgan fingerprint density at radius 3 is 2.84 bits per heavy atom. The van der Waals surface area contributed by atoms with E-state index in [0.29, 0.717) is 32.1 Å². The van der Waals surface area contributed by atoms with Gasteiger partial charge in [0.05, 0.1) is 6.10 Å². The molecule has 7 nitrogen and oxygen atoms in total. The molecule has 0 aromatic carbocycles. The van der Waals surface area contributed by atoms with Gasteiger partial charge in [-0.25, -0.2) is 0 Å². The van der Waals surface area contributed by atoms with E-state index in [4.69, 9.17) is 15.0 Å². The quantitative estimate of drug-likeness (QED) is 0.774. The maximum atomic E-state index is 12.1. The second-order valence-corrected chi connectivity index (χ2v) is 4.64. The number of rotatable bonds is 5. The second-order valence-electron chi connectivity index (χ2n) is 4.64. The molecule has 1 aromatic rings. The van der Waals surface area contributed by atoms with Crippen molar-refractivity contribution in [2.24, 2.45) is 5.73 Å². The molecule has 7 heteroatoms. The summed E-state index contributed by atoms with van der Waals surface area (Å²) in [4.78, 5) is 17.8. The van der Waals surface area contributed by atoms with Crippen LogP contribution in [-0.2, 0) is 4.74 Å². The van der Waals surface area contributed by atoms with E-state index in [-0.39, 0.29) is 17.8 Å². The zero-order valence-corrected chi connectivity index (χ0v) is 11.2. The highest BCUT2D eigenvalue weighted by molar-refractivity contribution is 5.90. The van der Waals surface area contributed by atoms with Crippen molar-refractivity contribution in [3.05, 3.63) is 11.7 Å². The molecule has 0 bridgehead atoms. The molecular formula is C12H20N4O3. The molecule has 0 saturated carbocycles. The van der Waals surface area contributed by atoms with Gasteiger partial charge in [0.15, 0.2) is 0 Å². The Morgan fingerprint density at radius 2 is 2.26 bits per heavy atom. The van der Waals surface area contributed by atoms with E-state index in [9.17, 15) is 4.79 Å². The molecule has 1 fully saturated rings. The molecule has 0 spiro atoms. The smallest absolute Gasteiger partial charge is 0.295 e. The van der Waals surface area contributed by atoms with Crippen LogP contribution in [0.5, 0.6) is 0 Å². The minimum absolute atomic E-state index is 0.139. The lowest BCUT2D eigenvalue weighted by atomic mass is 10.1. The fraction of sp³-hybridized carbons (Fsp3) is 0.750. The molecule has 19 heavy (non-hydrogen) atoms.